The quantitative estimate of drug-likeness (QED) is 0.708. The van der Waals surface area contributed by atoms with E-state index in [9.17, 15) is 9.18 Å². The third-order valence-electron chi connectivity index (χ3n) is 2.56. The Morgan fingerprint density at radius 1 is 1.19 bits per heavy atom. The molecule has 2 aromatic carbocycles. The van der Waals surface area contributed by atoms with E-state index in [0.29, 0.717) is 5.69 Å². The van der Waals surface area contributed by atoms with Crippen molar-refractivity contribution >= 4 is 22.4 Å². The van der Waals surface area contributed by atoms with Gasteiger partial charge in [-0.2, -0.15) is 0 Å². The molecule has 0 radical (unpaired) electrons. The zero-order chi connectivity index (χ0) is 11.5. The number of carbonyl (C=O) groups excluding carboxylic acids is 1. The first-order valence-electron chi connectivity index (χ1n) is 5.06. The number of rotatable bonds is 2. The molecule has 2 nitrogen and oxygen atoms in total. The average molecular weight is 217 g/mol. The fourth-order valence-electron chi connectivity index (χ4n) is 1.76. The van der Waals surface area contributed by atoms with E-state index in [1.807, 2.05) is 36.4 Å². The number of nitrogens with zero attached hydrogens (tertiary/aromatic N) is 1. The monoisotopic (exact) mass is 217 g/mol. The number of halogens is 1. The highest BCUT2D eigenvalue weighted by Gasteiger charge is 2.12. The first-order valence-corrected chi connectivity index (χ1v) is 5.06. The molecule has 0 saturated heterocycles. The molecule has 0 N–H and O–H groups in total. The van der Waals surface area contributed by atoms with Gasteiger partial charge in [-0.3, -0.25) is 9.69 Å². The smallest absolute Gasteiger partial charge is 0.226 e. The summed E-state index contributed by atoms with van der Waals surface area (Å²) in [5.74, 6) is -0.293. The Bertz CT molecular complexity index is 519. The van der Waals surface area contributed by atoms with Crippen LogP contribution in [0.4, 0.5) is 10.1 Å². The number of hydrogen-bond acceptors (Lipinski definition) is 1. The molecular formula is C13H12FNO. The van der Waals surface area contributed by atoms with Gasteiger partial charge in [-0.1, -0.05) is 36.4 Å². The minimum atomic E-state index is -0.802. The van der Waals surface area contributed by atoms with Gasteiger partial charge in [0.1, 0.15) is 0 Å². The van der Waals surface area contributed by atoms with Crippen molar-refractivity contribution in [2.24, 2.45) is 0 Å². The Labute approximate surface area is 93.3 Å². The van der Waals surface area contributed by atoms with Crippen LogP contribution < -0.4 is 4.90 Å². The van der Waals surface area contributed by atoms with Crippen LogP contribution in [0.5, 0.6) is 0 Å². The number of carbonyl (C=O) groups is 1. The molecule has 0 fully saturated rings. The van der Waals surface area contributed by atoms with Gasteiger partial charge in [0.05, 0.1) is 5.69 Å². The third kappa shape index (κ3) is 1.76. The maximum atomic E-state index is 12.8. The van der Waals surface area contributed by atoms with Gasteiger partial charge in [-0.25, -0.2) is 4.39 Å². The van der Waals surface area contributed by atoms with Crippen molar-refractivity contribution in [2.45, 2.75) is 6.92 Å². The molecule has 0 aliphatic rings. The fraction of sp³-hybridized carbons (Fsp3) is 0.154. The van der Waals surface area contributed by atoms with Crippen LogP contribution in [0.15, 0.2) is 42.5 Å². The van der Waals surface area contributed by atoms with E-state index in [4.69, 9.17) is 0 Å². The maximum Gasteiger partial charge on any atom is 0.226 e. The summed E-state index contributed by atoms with van der Waals surface area (Å²) >= 11 is 0. The lowest BCUT2D eigenvalue weighted by atomic mass is 10.1. The van der Waals surface area contributed by atoms with Crippen molar-refractivity contribution < 1.29 is 9.18 Å². The molecule has 16 heavy (non-hydrogen) atoms. The summed E-state index contributed by atoms with van der Waals surface area (Å²) < 4.78 is 12.8. The molecule has 0 aliphatic carbocycles. The summed E-state index contributed by atoms with van der Waals surface area (Å²) in [7, 11) is 0. The van der Waals surface area contributed by atoms with Gasteiger partial charge in [0, 0.05) is 12.3 Å². The van der Waals surface area contributed by atoms with Gasteiger partial charge in [-0.05, 0) is 11.5 Å². The predicted molar refractivity (Wildman–Crippen MR) is 63.1 cm³/mol. The second-order valence-electron chi connectivity index (χ2n) is 3.56. The zero-order valence-electron chi connectivity index (χ0n) is 8.98. The number of alkyl halides is 1. The van der Waals surface area contributed by atoms with Crippen LogP contribution in [0.25, 0.3) is 10.8 Å². The fourth-order valence-corrected chi connectivity index (χ4v) is 1.76. The van der Waals surface area contributed by atoms with Crippen molar-refractivity contribution in [3.63, 3.8) is 0 Å². The van der Waals surface area contributed by atoms with Gasteiger partial charge in [0.2, 0.25) is 5.91 Å². The van der Waals surface area contributed by atoms with Crippen molar-refractivity contribution in [3.8, 4) is 0 Å². The zero-order valence-corrected chi connectivity index (χ0v) is 8.98. The van der Waals surface area contributed by atoms with E-state index >= 15 is 0 Å². The molecule has 0 unspecified atom stereocenters. The molecule has 0 heterocycles. The van der Waals surface area contributed by atoms with Crippen LogP contribution in [0.2, 0.25) is 0 Å². The van der Waals surface area contributed by atoms with Gasteiger partial charge in [-0.15, -0.1) is 0 Å². The van der Waals surface area contributed by atoms with Gasteiger partial charge >= 0.3 is 0 Å². The van der Waals surface area contributed by atoms with Crippen LogP contribution in [0.1, 0.15) is 6.92 Å². The summed E-state index contributed by atoms with van der Waals surface area (Å²) in [5.41, 5.74) is 0.619. The highest BCUT2D eigenvalue weighted by atomic mass is 19.1. The third-order valence-corrected chi connectivity index (χ3v) is 2.56. The number of amides is 1. The van der Waals surface area contributed by atoms with Crippen molar-refractivity contribution in [1.29, 1.82) is 0 Å². The van der Waals surface area contributed by atoms with Crippen LogP contribution in [-0.2, 0) is 4.79 Å². The van der Waals surface area contributed by atoms with E-state index in [2.05, 4.69) is 0 Å². The molecule has 0 spiro atoms. The Morgan fingerprint density at radius 3 is 2.56 bits per heavy atom. The molecule has 3 heteroatoms. The van der Waals surface area contributed by atoms with Crippen LogP contribution in [0.3, 0.4) is 0 Å². The first kappa shape index (κ1) is 10.6. The van der Waals surface area contributed by atoms with Crippen LogP contribution >= 0.6 is 0 Å². The van der Waals surface area contributed by atoms with Crippen molar-refractivity contribution in [2.75, 3.05) is 11.7 Å². The maximum absolute atomic E-state index is 12.8. The predicted octanol–water partition coefficient (Wildman–Crippen LogP) is 3.12. The summed E-state index contributed by atoms with van der Waals surface area (Å²) in [6.45, 7) is 0.560. The SMILES string of the molecule is CC(=O)N(CF)c1cccc2ccccc12. The molecule has 2 aromatic rings. The molecule has 0 bridgehead atoms. The van der Waals surface area contributed by atoms with Crippen molar-refractivity contribution in [1.82, 2.24) is 0 Å². The second-order valence-corrected chi connectivity index (χ2v) is 3.56. The molecule has 1 amide bonds. The number of anilines is 1. The molecule has 2 rings (SSSR count). The highest BCUT2D eigenvalue weighted by Crippen LogP contribution is 2.26. The summed E-state index contributed by atoms with van der Waals surface area (Å²) in [6.07, 6.45) is 0. The molecule has 0 aromatic heterocycles. The molecule has 82 valence electrons. The second kappa shape index (κ2) is 4.31. The minimum Gasteiger partial charge on any atom is -0.283 e. The lowest BCUT2D eigenvalue weighted by molar-refractivity contribution is -0.116. The van der Waals surface area contributed by atoms with E-state index in [1.54, 1.807) is 6.07 Å². The topological polar surface area (TPSA) is 20.3 Å². The lowest BCUT2D eigenvalue weighted by Gasteiger charge is -2.18. The van der Waals surface area contributed by atoms with E-state index in [1.165, 1.54) is 6.92 Å². The molecule has 0 saturated carbocycles. The number of hydrogen-bond donors (Lipinski definition) is 0. The highest BCUT2D eigenvalue weighted by molar-refractivity contribution is 6.02. The van der Waals surface area contributed by atoms with Gasteiger partial charge < -0.3 is 0 Å². The normalized spacial score (nSPS) is 10.4. The Kier molecular flexibility index (Phi) is 2.86. The standard InChI is InChI=1S/C13H12FNO/c1-10(16)15(9-14)13-8-4-6-11-5-2-3-7-12(11)13/h2-8H,9H2,1H3. The molecule has 0 aliphatic heterocycles. The molecular weight excluding hydrogens is 205 g/mol. The minimum absolute atomic E-state index is 0.293. The average Bonchev–Trinajstić information content (AvgIpc) is 2.30. The van der Waals surface area contributed by atoms with E-state index < -0.39 is 6.80 Å². The van der Waals surface area contributed by atoms with Crippen molar-refractivity contribution in [3.05, 3.63) is 42.5 Å². The van der Waals surface area contributed by atoms with Crippen LogP contribution in [0, 0.1) is 0 Å². The lowest BCUT2D eigenvalue weighted by Crippen LogP contribution is -2.27. The van der Waals surface area contributed by atoms with Gasteiger partial charge in [0.15, 0.2) is 6.80 Å². The summed E-state index contributed by atoms with van der Waals surface area (Å²) in [4.78, 5) is 12.4. The van der Waals surface area contributed by atoms with E-state index in [-0.39, 0.29) is 5.91 Å². The Morgan fingerprint density at radius 2 is 1.88 bits per heavy atom. The number of fused-ring (bicyclic) bond motifs is 1. The van der Waals surface area contributed by atoms with E-state index in [0.717, 1.165) is 15.7 Å². The van der Waals surface area contributed by atoms with Crippen LogP contribution in [-0.4, -0.2) is 12.7 Å². The largest absolute Gasteiger partial charge is 0.283 e. The first-order chi connectivity index (χ1) is 7.74. The summed E-state index contributed by atoms with van der Waals surface area (Å²) in [6, 6.07) is 13.1. The Hall–Kier alpha value is -1.90. The Balaban J connectivity index is 2.63. The molecule has 0 atom stereocenters. The summed E-state index contributed by atoms with van der Waals surface area (Å²) in [5, 5.41) is 1.89. The van der Waals surface area contributed by atoms with Gasteiger partial charge in [0.25, 0.3) is 0 Å². The number of benzene rings is 2.